The SMILES string of the molecule is CC(CCNC(=O)CN(C)S(=O)(=O)c1ccccc1)c1ccccc1. The van der Waals surface area contributed by atoms with E-state index in [2.05, 4.69) is 24.4 Å². The highest BCUT2D eigenvalue weighted by Gasteiger charge is 2.22. The summed E-state index contributed by atoms with van der Waals surface area (Å²) >= 11 is 0. The molecule has 0 heterocycles. The lowest BCUT2D eigenvalue weighted by atomic mass is 9.98. The van der Waals surface area contributed by atoms with Gasteiger partial charge in [-0.2, -0.15) is 4.31 Å². The number of nitrogens with zero attached hydrogens (tertiary/aromatic N) is 1. The number of hydrogen-bond donors (Lipinski definition) is 1. The average Bonchev–Trinajstić information content (AvgIpc) is 2.63. The molecule has 1 N–H and O–H groups in total. The van der Waals surface area contributed by atoms with Crippen molar-refractivity contribution in [2.24, 2.45) is 0 Å². The van der Waals surface area contributed by atoms with Crippen LogP contribution in [-0.4, -0.2) is 38.8 Å². The molecule has 1 amide bonds. The molecule has 1 unspecified atom stereocenters. The zero-order valence-electron chi connectivity index (χ0n) is 14.6. The molecule has 2 aromatic rings. The maximum absolute atomic E-state index is 12.4. The van der Waals surface area contributed by atoms with Crippen LogP contribution in [0.25, 0.3) is 0 Å². The third-order valence-corrected chi connectivity index (χ3v) is 5.90. The summed E-state index contributed by atoms with van der Waals surface area (Å²) in [5, 5.41) is 2.79. The van der Waals surface area contributed by atoms with Gasteiger partial charge in [-0.15, -0.1) is 0 Å². The molecule has 134 valence electrons. The molecule has 0 fully saturated rings. The lowest BCUT2D eigenvalue weighted by molar-refractivity contribution is -0.121. The summed E-state index contributed by atoms with van der Waals surface area (Å²) in [6.07, 6.45) is 0.797. The second-order valence-corrected chi connectivity index (χ2v) is 8.07. The molecule has 0 bridgehead atoms. The number of carbonyl (C=O) groups is 1. The lowest BCUT2D eigenvalue weighted by Gasteiger charge is -2.17. The molecule has 0 spiro atoms. The largest absolute Gasteiger partial charge is 0.355 e. The van der Waals surface area contributed by atoms with Crippen LogP contribution < -0.4 is 5.32 Å². The number of carbonyl (C=O) groups excluding carboxylic acids is 1. The highest BCUT2D eigenvalue weighted by atomic mass is 32.2. The van der Waals surface area contributed by atoms with Crippen LogP contribution in [-0.2, 0) is 14.8 Å². The first-order valence-corrected chi connectivity index (χ1v) is 9.68. The molecule has 0 radical (unpaired) electrons. The average molecular weight is 360 g/mol. The van der Waals surface area contributed by atoms with Gasteiger partial charge in [-0.1, -0.05) is 55.5 Å². The molecule has 0 saturated carbocycles. The number of amides is 1. The molecular weight excluding hydrogens is 336 g/mol. The van der Waals surface area contributed by atoms with E-state index in [1.807, 2.05) is 18.2 Å². The third-order valence-electron chi connectivity index (χ3n) is 4.09. The van der Waals surface area contributed by atoms with Crippen molar-refractivity contribution >= 4 is 15.9 Å². The molecule has 2 rings (SSSR count). The van der Waals surface area contributed by atoms with Gasteiger partial charge in [0, 0.05) is 13.6 Å². The Balaban J connectivity index is 1.82. The van der Waals surface area contributed by atoms with Crippen molar-refractivity contribution < 1.29 is 13.2 Å². The predicted octanol–water partition coefficient (Wildman–Crippen LogP) is 2.62. The molecule has 2 aromatic carbocycles. The molecule has 0 aliphatic heterocycles. The summed E-state index contributed by atoms with van der Waals surface area (Å²) < 4.78 is 25.8. The van der Waals surface area contributed by atoms with Crippen molar-refractivity contribution in [1.29, 1.82) is 0 Å². The number of nitrogens with one attached hydrogen (secondary N) is 1. The van der Waals surface area contributed by atoms with Crippen molar-refractivity contribution in [3.05, 3.63) is 66.2 Å². The van der Waals surface area contributed by atoms with Crippen molar-refractivity contribution in [3.8, 4) is 0 Å². The Kier molecular flexibility index (Phi) is 6.73. The molecule has 0 aliphatic rings. The minimum atomic E-state index is -3.65. The standard InChI is InChI=1S/C19H24N2O3S/c1-16(17-9-5-3-6-10-17)13-14-20-19(22)15-21(2)25(23,24)18-11-7-4-8-12-18/h3-12,16H,13-15H2,1-2H3,(H,20,22). The summed E-state index contributed by atoms with van der Waals surface area (Å²) in [5.74, 6) is 0.0227. The number of benzene rings is 2. The van der Waals surface area contributed by atoms with Crippen molar-refractivity contribution in [2.75, 3.05) is 20.1 Å². The Bertz CT molecular complexity index is 777. The maximum Gasteiger partial charge on any atom is 0.243 e. The van der Waals surface area contributed by atoms with Gasteiger partial charge in [-0.05, 0) is 30.0 Å². The van der Waals surface area contributed by atoms with Gasteiger partial charge in [0.25, 0.3) is 0 Å². The maximum atomic E-state index is 12.4. The van der Waals surface area contributed by atoms with E-state index >= 15 is 0 Å². The number of hydrogen-bond acceptors (Lipinski definition) is 3. The first kappa shape index (κ1) is 19.1. The van der Waals surface area contributed by atoms with E-state index in [1.54, 1.807) is 18.2 Å². The second-order valence-electron chi connectivity index (χ2n) is 6.02. The fraction of sp³-hybridized carbons (Fsp3) is 0.316. The van der Waals surface area contributed by atoms with Gasteiger partial charge in [0.1, 0.15) is 0 Å². The second kappa shape index (κ2) is 8.78. The van der Waals surface area contributed by atoms with Crippen molar-refractivity contribution in [1.82, 2.24) is 9.62 Å². The van der Waals surface area contributed by atoms with Crippen LogP contribution in [0.3, 0.4) is 0 Å². The van der Waals surface area contributed by atoms with Crippen LogP contribution in [0.1, 0.15) is 24.8 Å². The van der Waals surface area contributed by atoms with Crippen LogP contribution in [0.2, 0.25) is 0 Å². The highest BCUT2D eigenvalue weighted by molar-refractivity contribution is 7.89. The molecule has 0 aliphatic carbocycles. The normalized spacial score (nSPS) is 12.8. The van der Waals surface area contributed by atoms with Gasteiger partial charge in [-0.25, -0.2) is 8.42 Å². The predicted molar refractivity (Wildman–Crippen MR) is 98.7 cm³/mol. The topological polar surface area (TPSA) is 66.5 Å². The molecular formula is C19H24N2O3S. The Morgan fingerprint density at radius 2 is 1.60 bits per heavy atom. The molecule has 6 heteroatoms. The summed E-state index contributed by atoms with van der Waals surface area (Å²) in [6, 6.07) is 18.2. The summed E-state index contributed by atoms with van der Waals surface area (Å²) in [4.78, 5) is 12.2. The Labute approximate surface area is 149 Å². The number of rotatable bonds is 8. The highest BCUT2D eigenvalue weighted by Crippen LogP contribution is 2.17. The molecule has 25 heavy (non-hydrogen) atoms. The van der Waals surface area contributed by atoms with Crippen LogP contribution in [0.15, 0.2) is 65.6 Å². The summed E-state index contributed by atoms with van der Waals surface area (Å²) in [7, 11) is -2.23. The summed E-state index contributed by atoms with van der Waals surface area (Å²) in [6.45, 7) is 2.42. The van der Waals surface area contributed by atoms with Crippen LogP contribution >= 0.6 is 0 Å². The number of sulfonamides is 1. The third kappa shape index (κ3) is 5.41. The quantitative estimate of drug-likeness (QED) is 0.787. The Morgan fingerprint density at radius 1 is 1.04 bits per heavy atom. The van der Waals surface area contributed by atoms with Crippen LogP contribution in [0, 0.1) is 0 Å². The minimum absolute atomic E-state index is 0.183. The smallest absolute Gasteiger partial charge is 0.243 e. The fourth-order valence-corrected chi connectivity index (χ4v) is 3.64. The van der Waals surface area contributed by atoms with Gasteiger partial charge >= 0.3 is 0 Å². The van der Waals surface area contributed by atoms with E-state index in [0.717, 1.165) is 10.7 Å². The molecule has 1 atom stereocenters. The summed E-state index contributed by atoms with van der Waals surface area (Å²) in [5.41, 5.74) is 1.22. The van der Waals surface area contributed by atoms with Gasteiger partial charge in [0.05, 0.1) is 11.4 Å². The molecule has 0 aromatic heterocycles. The Hall–Kier alpha value is -2.18. The van der Waals surface area contributed by atoms with Crippen LogP contribution in [0.5, 0.6) is 0 Å². The first-order chi connectivity index (χ1) is 11.9. The molecule has 0 saturated heterocycles. The minimum Gasteiger partial charge on any atom is -0.355 e. The molecule has 5 nitrogen and oxygen atoms in total. The van der Waals surface area contributed by atoms with Gasteiger partial charge in [0.2, 0.25) is 15.9 Å². The van der Waals surface area contributed by atoms with Gasteiger partial charge < -0.3 is 5.32 Å². The van der Waals surface area contributed by atoms with E-state index in [0.29, 0.717) is 12.5 Å². The first-order valence-electron chi connectivity index (χ1n) is 8.24. The zero-order valence-corrected chi connectivity index (χ0v) is 15.4. The Morgan fingerprint density at radius 3 is 2.20 bits per heavy atom. The monoisotopic (exact) mass is 360 g/mol. The van der Waals surface area contributed by atoms with E-state index in [-0.39, 0.29) is 17.3 Å². The zero-order chi connectivity index (χ0) is 18.3. The van der Waals surface area contributed by atoms with Gasteiger partial charge in [0.15, 0.2) is 0 Å². The van der Waals surface area contributed by atoms with E-state index in [4.69, 9.17) is 0 Å². The fourth-order valence-electron chi connectivity index (χ4n) is 2.49. The van der Waals surface area contributed by atoms with Gasteiger partial charge in [-0.3, -0.25) is 4.79 Å². The number of likely N-dealkylation sites (N-methyl/N-ethyl adjacent to an activating group) is 1. The van der Waals surface area contributed by atoms with Crippen LogP contribution in [0.4, 0.5) is 0 Å². The lowest BCUT2D eigenvalue weighted by Crippen LogP contribution is -2.38. The van der Waals surface area contributed by atoms with E-state index < -0.39 is 10.0 Å². The van der Waals surface area contributed by atoms with E-state index in [9.17, 15) is 13.2 Å². The van der Waals surface area contributed by atoms with Crippen molar-refractivity contribution in [3.63, 3.8) is 0 Å². The van der Waals surface area contributed by atoms with E-state index in [1.165, 1.54) is 24.7 Å². The van der Waals surface area contributed by atoms with Crippen molar-refractivity contribution in [2.45, 2.75) is 24.2 Å².